The highest BCUT2D eigenvalue weighted by Crippen LogP contribution is 2.70. The summed E-state index contributed by atoms with van der Waals surface area (Å²) in [5.74, 6) is 0.294. The summed E-state index contributed by atoms with van der Waals surface area (Å²) in [6.45, 7) is 3.76. The van der Waals surface area contributed by atoms with Crippen LogP contribution in [0.2, 0.25) is 0 Å². The number of nitrogens with one attached hydrogen (secondary N) is 2. The second kappa shape index (κ2) is 6.47. The third kappa shape index (κ3) is 4.20. The van der Waals surface area contributed by atoms with Crippen molar-refractivity contribution in [3.8, 4) is 0 Å². The number of ketones is 2. The molecule has 7 heteroatoms. The van der Waals surface area contributed by atoms with E-state index in [1.54, 1.807) is 35.4 Å². The highest BCUT2D eigenvalue weighted by Gasteiger charge is 2.56. The van der Waals surface area contributed by atoms with E-state index in [1.807, 2.05) is 0 Å². The number of guanidine groups is 1. The summed E-state index contributed by atoms with van der Waals surface area (Å²) >= 11 is 0. The zero-order valence-corrected chi connectivity index (χ0v) is 12.2. The second-order valence-electron chi connectivity index (χ2n) is 4.48. The van der Waals surface area contributed by atoms with Crippen molar-refractivity contribution in [2.75, 3.05) is 6.54 Å². The zero-order chi connectivity index (χ0) is 13.8. The zero-order valence-electron chi connectivity index (χ0n) is 10.6. The lowest BCUT2D eigenvalue weighted by Gasteiger charge is -2.21. The Morgan fingerprint density at radius 3 is 2.39 bits per heavy atom. The fraction of sp³-hybridized carbons (Fsp3) is 0.727. The van der Waals surface area contributed by atoms with Crippen molar-refractivity contribution in [1.29, 1.82) is 5.41 Å². The molecule has 4 N–H and O–H groups in total. The van der Waals surface area contributed by atoms with Crippen LogP contribution in [0, 0.1) is 11.3 Å². The first kappa shape index (κ1) is 15.4. The number of carbonyl (C=O) groups excluding carboxylic acids is 2. The van der Waals surface area contributed by atoms with Crippen LogP contribution in [0.3, 0.4) is 0 Å². The van der Waals surface area contributed by atoms with Crippen molar-refractivity contribution >= 4 is 39.1 Å². The lowest BCUT2D eigenvalue weighted by atomic mass is 9.91. The van der Waals surface area contributed by atoms with E-state index < -0.39 is 4.08 Å². The van der Waals surface area contributed by atoms with Gasteiger partial charge in [0.05, 0.1) is 0 Å². The van der Waals surface area contributed by atoms with Gasteiger partial charge in [-0.05, 0) is 32.6 Å². The van der Waals surface area contributed by atoms with Crippen molar-refractivity contribution in [3.63, 3.8) is 0 Å². The number of rotatable bonds is 8. The predicted molar refractivity (Wildman–Crippen MR) is 76.5 cm³/mol. The number of hydrogen-bond donors (Lipinski definition) is 3. The molecule has 1 rings (SSSR count). The van der Waals surface area contributed by atoms with Gasteiger partial charge in [-0.15, -0.1) is 0 Å². The molecule has 0 unspecified atom stereocenters. The van der Waals surface area contributed by atoms with Gasteiger partial charge < -0.3 is 15.8 Å². The van der Waals surface area contributed by atoms with Crippen LogP contribution in [0.4, 0.5) is 0 Å². The second-order valence-corrected chi connectivity index (χ2v) is 7.36. The van der Waals surface area contributed by atoms with Gasteiger partial charge in [0.2, 0.25) is 0 Å². The number of carbonyl (C=O) groups is 2. The Hall–Kier alpha value is -0.690. The third-order valence-corrected chi connectivity index (χ3v) is 6.21. The van der Waals surface area contributed by atoms with Gasteiger partial charge in [0.25, 0.3) is 0 Å². The van der Waals surface area contributed by atoms with Crippen LogP contribution >= 0.6 is 21.6 Å². The number of nitrogens with two attached hydrogens (primary N) is 1. The van der Waals surface area contributed by atoms with E-state index in [0.29, 0.717) is 13.0 Å². The maximum Gasteiger partial charge on any atom is 0.185 e. The molecule has 1 heterocycles. The Balaban J connectivity index is 2.49. The fourth-order valence-electron chi connectivity index (χ4n) is 1.93. The maximum atomic E-state index is 11.7. The standard InChI is InChI=1S/C11H19N3O2S2/c1-7(15)6-9(4-3-5-14-10(12)13)11(8(2)16)17-18-11/h9H,3-6H2,1-2H3,(H4,12,13,14)/t9-/m0/s1. The Morgan fingerprint density at radius 2 is 2.00 bits per heavy atom. The van der Waals surface area contributed by atoms with Crippen molar-refractivity contribution < 1.29 is 9.59 Å². The summed E-state index contributed by atoms with van der Waals surface area (Å²) in [6.07, 6.45) is 2.03. The van der Waals surface area contributed by atoms with Crippen LogP contribution in [0.1, 0.15) is 33.1 Å². The molecule has 0 amide bonds. The molecule has 0 spiro atoms. The summed E-state index contributed by atoms with van der Waals surface area (Å²) in [7, 11) is 3.13. The molecule has 0 radical (unpaired) electrons. The van der Waals surface area contributed by atoms with Crippen molar-refractivity contribution in [3.05, 3.63) is 0 Å². The summed E-state index contributed by atoms with van der Waals surface area (Å²) in [6, 6.07) is 0. The lowest BCUT2D eigenvalue weighted by Crippen LogP contribution is -2.33. The highest BCUT2D eigenvalue weighted by atomic mass is 33.2. The molecule has 1 aliphatic heterocycles. The molecule has 0 aromatic heterocycles. The van der Waals surface area contributed by atoms with Crippen LogP contribution in [-0.4, -0.2) is 28.1 Å². The molecule has 18 heavy (non-hydrogen) atoms. The van der Waals surface area contributed by atoms with E-state index in [9.17, 15) is 9.59 Å². The molecule has 0 aromatic carbocycles. The molecule has 1 fully saturated rings. The maximum absolute atomic E-state index is 11.7. The molecule has 1 saturated heterocycles. The van der Waals surface area contributed by atoms with E-state index in [-0.39, 0.29) is 23.4 Å². The van der Waals surface area contributed by atoms with Crippen LogP contribution < -0.4 is 11.1 Å². The Bertz CT molecular complexity index is 356. The van der Waals surface area contributed by atoms with E-state index in [1.165, 1.54) is 0 Å². The van der Waals surface area contributed by atoms with Crippen LogP contribution in [0.15, 0.2) is 0 Å². The average molecular weight is 289 g/mol. The van der Waals surface area contributed by atoms with Gasteiger partial charge in [0.15, 0.2) is 11.7 Å². The monoisotopic (exact) mass is 289 g/mol. The molecular weight excluding hydrogens is 270 g/mol. The molecule has 1 aliphatic rings. The SMILES string of the molecule is CC(=O)C[C@H](CCCNC(=N)N)C1(C(C)=O)SS1. The van der Waals surface area contributed by atoms with Gasteiger partial charge >= 0.3 is 0 Å². The quantitative estimate of drug-likeness (QED) is 0.206. The fourth-order valence-corrected chi connectivity index (χ4v) is 4.72. The smallest absolute Gasteiger partial charge is 0.185 e. The number of hydrogen-bond acceptors (Lipinski definition) is 5. The van der Waals surface area contributed by atoms with Gasteiger partial charge in [0.1, 0.15) is 9.86 Å². The normalized spacial score (nSPS) is 17.9. The first-order chi connectivity index (χ1) is 8.38. The van der Waals surface area contributed by atoms with Gasteiger partial charge in [-0.25, -0.2) is 0 Å². The van der Waals surface area contributed by atoms with Crippen LogP contribution in [-0.2, 0) is 9.59 Å². The van der Waals surface area contributed by atoms with Crippen molar-refractivity contribution in [1.82, 2.24) is 5.32 Å². The highest BCUT2D eigenvalue weighted by molar-refractivity contribution is 8.94. The van der Waals surface area contributed by atoms with Gasteiger partial charge in [-0.2, -0.15) is 0 Å². The summed E-state index contributed by atoms with van der Waals surface area (Å²) in [4.78, 5) is 23.0. The van der Waals surface area contributed by atoms with Gasteiger partial charge in [-0.1, -0.05) is 21.6 Å². The van der Waals surface area contributed by atoms with E-state index >= 15 is 0 Å². The minimum Gasteiger partial charge on any atom is -0.370 e. The molecule has 0 aromatic rings. The van der Waals surface area contributed by atoms with Crippen LogP contribution in [0.25, 0.3) is 0 Å². The first-order valence-corrected chi connectivity index (χ1v) is 7.98. The van der Waals surface area contributed by atoms with Crippen molar-refractivity contribution in [2.24, 2.45) is 11.7 Å². The Labute approximate surface area is 115 Å². The molecule has 0 saturated carbocycles. The van der Waals surface area contributed by atoms with Crippen molar-refractivity contribution in [2.45, 2.75) is 37.2 Å². The van der Waals surface area contributed by atoms with Crippen LogP contribution in [0.5, 0.6) is 0 Å². The van der Waals surface area contributed by atoms with E-state index in [0.717, 1.165) is 12.8 Å². The van der Waals surface area contributed by atoms with E-state index in [4.69, 9.17) is 11.1 Å². The third-order valence-electron chi connectivity index (χ3n) is 2.87. The predicted octanol–water partition coefficient (Wildman–Crippen LogP) is 1.53. The molecular formula is C11H19N3O2S2. The Kier molecular flexibility index (Phi) is 5.52. The molecule has 102 valence electrons. The minimum atomic E-state index is -0.401. The molecule has 1 atom stereocenters. The average Bonchev–Trinajstić information content (AvgIpc) is 3.02. The largest absolute Gasteiger partial charge is 0.370 e. The summed E-state index contributed by atoms with van der Waals surface area (Å²) < 4.78 is -0.401. The summed E-state index contributed by atoms with van der Waals surface area (Å²) in [5.41, 5.74) is 5.19. The minimum absolute atomic E-state index is 0.0467. The van der Waals surface area contributed by atoms with E-state index in [2.05, 4.69) is 5.32 Å². The summed E-state index contributed by atoms with van der Waals surface area (Å²) in [5, 5.41) is 9.78. The topological polar surface area (TPSA) is 96.0 Å². The molecule has 0 bridgehead atoms. The Morgan fingerprint density at radius 1 is 1.39 bits per heavy atom. The molecule has 0 aliphatic carbocycles. The lowest BCUT2D eigenvalue weighted by molar-refractivity contribution is -0.119. The van der Waals surface area contributed by atoms with Gasteiger partial charge in [0, 0.05) is 13.0 Å². The van der Waals surface area contributed by atoms with Gasteiger partial charge in [-0.3, -0.25) is 10.2 Å². The number of Topliss-reactive ketones (excluding diaryl/α,β-unsaturated/α-hetero) is 2. The molecule has 5 nitrogen and oxygen atoms in total. The first-order valence-electron chi connectivity index (χ1n) is 5.83.